The van der Waals surface area contributed by atoms with E-state index in [0.29, 0.717) is 28.3 Å². The number of imide groups is 1. The van der Waals surface area contributed by atoms with Crippen LogP contribution in [0.3, 0.4) is 0 Å². The molecule has 0 saturated carbocycles. The first kappa shape index (κ1) is 22.0. The van der Waals surface area contributed by atoms with Gasteiger partial charge in [-0.05, 0) is 36.6 Å². The van der Waals surface area contributed by atoms with Gasteiger partial charge in [-0.25, -0.2) is 4.90 Å². The monoisotopic (exact) mass is 475 g/mol. The number of para-hydroxylation sites is 2. The summed E-state index contributed by atoms with van der Waals surface area (Å²) in [5.74, 6) is -3.44. The van der Waals surface area contributed by atoms with Crippen LogP contribution in [0.4, 0.5) is 24.5 Å². The fourth-order valence-electron chi connectivity index (χ4n) is 5.40. The standard InChI is InChI=1S/C23H20F3N3O3S/c1-33-11-10-15-17-18(22(28-15)12-6-2-4-8-14(12)27-21(22)32)20(31)29(19(17)30)16-9-5-3-7-13(16)23(24,25)26/h2-9,15,17-18,28H,10-11H2,1H3,(H,27,32)/t15-,17+,18+,22-/m0/s1. The maximum Gasteiger partial charge on any atom is 0.418 e. The maximum atomic E-state index is 13.7. The average molecular weight is 475 g/mol. The molecule has 0 aliphatic carbocycles. The summed E-state index contributed by atoms with van der Waals surface area (Å²) < 4.78 is 41.1. The number of anilines is 2. The van der Waals surface area contributed by atoms with Gasteiger partial charge in [-0.1, -0.05) is 30.3 Å². The molecule has 2 aromatic rings. The van der Waals surface area contributed by atoms with Crippen molar-refractivity contribution in [2.75, 3.05) is 22.2 Å². The Kier molecular flexibility index (Phi) is 5.06. The molecule has 3 aliphatic heterocycles. The molecule has 4 atom stereocenters. The lowest BCUT2D eigenvalue weighted by atomic mass is 9.76. The number of carbonyl (C=O) groups is 3. The van der Waals surface area contributed by atoms with E-state index in [4.69, 9.17) is 0 Å². The molecule has 1 spiro atoms. The number of thioether (sulfide) groups is 1. The van der Waals surface area contributed by atoms with Crippen LogP contribution in [-0.4, -0.2) is 35.8 Å². The molecule has 2 N–H and O–H groups in total. The van der Waals surface area contributed by atoms with Gasteiger partial charge in [0.05, 0.1) is 23.1 Å². The molecule has 33 heavy (non-hydrogen) atoms. The molecule has 2 fully saturated rings. The van der Waals surface area contributed by atoms with Gasteiger partial charge in [0.15, 0.2) is 0 Å². The number of amides is 3. The second-order valence-corrected chi connectivity index (χ2v) is 9.36. The third kappa shape index (κ3) is 3.03. The van der Waals surface area contributed by atoms with Crippen molar-refractivity contribution in [3.8, 4) is 0 Å². The molecule has 0 aromatic heterocycles. The lowest BCUT2D eigenvalue weighted by molar-refractivity contribution is -0.137. The Morgan fingerprint density at radius 2 is 1.73 bits per heavy atom. The topological polar surface area (TPSA) is 78.5 Å². The van der Waals surface area contributed by atoms with Gasteiger partial charge in [0.25, 0.3) is 0 Å². The third-order valence-corrected chi connectivity index (χ3v) is 7.35. The van der Waals surface area contributed by atoms with Gasteiger partial charge in [0, 0.05) is 17.3 Å². The summed E-state index contributed by atoms with van der Waals surface area (Å²) in [6.45, 7) is 0. The van der Waals surface area contributed by atoms with Gasteiger partial charge in [-0.2, -0.15) is 24.9 Å². The molecule has 2 aromatic carbocycles. The Hall–Kier alpha value is -2.85. The molecule has 3 heterocycles. The van der Waals surface area contributed by atoms with Crippen molar-refractivity contribution in [2.45, 2.75) is 24.2 Å². The molecular weight excluding hydrogens is 455 g/mol. The Morgan fingerprint density at radius 3 is 2.45 bits per heavy atom. The summed E-state index contributed by atoms with van der Waals surface area (Å²) in [7, 11) is 0. The second-order valence-electron chi connectivity index (χ2n) is 8.37. The summed E-state index contributed by atoms with van der Waals surface area (Å²) in [4.78, 5) is 41.2. The Morgan fingerprint density at radius 1 is 1.03 bits per heavy atom. The van der Waals surface area contributed by atoms with E-state index >= 15 is 0 Å². The van der Waals surface area contributed by atoms with Crippen LogP contribution in [0, 0.1) is 11.8 Å². The van der Waals surface area contributed by atoms with E-state index in [0.717, 1.165) is 12.1 Å². The van der Waals surface area contributed by atoms with Crippen LogP contribution in [0.1, 0.15) is 17.5 Å². The molecule has 5 rings (SSSR count). The van der Waals surface area contributed by atoms with E-state index < -0.39 is 58.6 Å². The highest BCUT2D eigenvalue weighted by atomic mass is 32.2. The quantitative estimate of drug-likeness (QED) is 0.663. The largest absolute Gasteiger partial charge is 0.418 e. The zero-order valence-electron chi connectivity index (χ0n) is 17.5. The molecule has 0 unspecified atom stereocenters. The van der Waals surface area contributed by atoms with Crippen molar-refractivity contribution >= 4 is 40.9 Å². The first-order valence-electron chi connectivity index (χ1n) is 10.4. The smallest absolute Gasteiger partial charge is 0.324 e. The van der Waals surface area contributed by atoms with Crippen LogP contribution in [-0.2, 0) is 26.1 Å². The Balaban J connectivity index is 1.67. The van der Waals surface area contributed by atoms with Crippen LogP contribution >= 0.6 is 11.8 Å². The number of halogens is 3. The van der Waals surface area contributed by atoms with Crippen LogP contribution in [0.2, 0.25) is 0 Å². The fraction of sp³-hybridized carbons (Fsp3) is 0.348. The summed E-state index contributed by atoms with van der Waals surface area (Å²) in [6, 6.07) is 10.9. The van der Waals surface area contributed by atoms with E-state index in [-0.39, 0.29) is 0 Å². The predicted octanol–water partition coefficient (Wildman–Crippen LogP) is 3.38. The molecule has 3 amide bonds. The molecule has 10 heteroatoms. The lowest BCUT2D eigenvalue weighted by Gasteiger charge is -2.30. The first-order valence-corrected chi connectivity index (χ1v) is 11.8. The normalized spacial score (nSPS) is 28.4. The summed E-state index contributed by atoms with van der Waals surface area (Å²) in [5, 5.41) is 6.05. The summed E-state index contributed by atoms with van der Waals surface area (Å²) in [6.07, 6.45) is -2.37. The van der Waals surface area contributed by atoms with Crippen molar-refractivity contribution in [3.05, 3.63) is 59.7 Å². The summed E-state index contributed by atoms with van der Waals surface area (Å²) >= 11 is 1.55. The molecule has 0 radical (unpaired) electrons. The van der Waals surface area contributed by atoms with E-state index in [1.807, 2.05) is 6.26 Å². The molecule has 6 nitrogen and oxygen atoms in total. The molecule has 3 aliphatic rings. The molecule has 0 bridgehead atoms. The average Bonchev–Trinajstić information content (AvgIpc) is 3.36. The minimum Gasteiger partial charge on any atom is -0.324 e. The van der Waals surface area contributed by atoms with Gasteiger partial charge in [-0.3, -0.25) is 19.7 Å². The Bertz CT molecular complexity index is 1170. The van der Waals surface area contributed by atoms with Crippen molar-refractivity contribution < 1.29 is 27.6 Å². The van der Waals surface area contributed by atoms with Gasteiger partial charge in [0.2, 0.25) is 17.7 Å². The first-order chi connectivity index (χ1) is 15.7. The predicted molar refractivity (Wildman–Crippen MR) is 118 cm³/mol. The zero-order chi connectivity index (χ0) is 23.5. The minimum atomic E-state index is -4.75. The number of alkyl halides is 3. The van der Waals surface area contributed by atoms with E-state index in [1.165, 1.54) is 12.1 Å². The Labute approximate surface area is 191 Å². The van der Waals surface area contributed by atoms with Crippen LogP contribution in [0.25, 0.3) is 0 Å². The highest BCUT2D eigenvalue weighted by Crippen LogP contribution is 2.54. The van der Waals surface area contributed by atoms with Gasteiger partial charge in [0.1, 0.15) is 5.54 Å². The number of benzene rings is 2. The SMILES string of the molecule is CSCC[C@@H]1N[C@]2(C(=O)Nc3ccccc32)[C@H]2C(=O)N(c3ccccc3C(F)(F)F)C(=O)[C@H]12. The van der Waals surface area contributed by atoms with Crippen molar-refractivity contribution in [3.63, 3.8) is 0 Å². The number of hydrogen-bond donors (Lipinski definition) is 2. The van der Waals surface area contributed by atoms with Crippen LogP contribution in [0.5, 0.6) is 0 Å². The molecule has 2 saturated heterocycles. The second kappa shape index (κ2) is 7.59. The fourth-order valence-corrected chi connectivity index (χ4v) is 5.89. The molecular formula is C23H20F3N3O3S. The zero-order valence-corrected chi connectivity index (χ0v) is 18.3. The highest BCUT2D eigenvalue weighted by Gasteiger charge is 2.70. The van der Waals surface area contributed by atoms with Gasteiger partial charge < -0.3 is 5.32 Å². The van der Waals surface area contributed by atoms with E-state index in [9.17, 15) is 27.6 Å². The maximum absolute atomic E-state index is 13.7. The highest BCUT2D eigenvalue weighted by molar-refractivity contribution is 7.98. The van der Waals surface area contributed by atoms with Crippen LogP contribution < -0.4 is 15.5 Å². The number of fused-ring (bicyclic) bond motifs is 4. The number of hydrogen-bond acceptors (Lipinski definition) is 5. The van der Waals surface area contributed by atoms with Crippen molar-refractivity contribution in [1.82, 2.24) is 5.32 Å². The van der Waals surface area contributed by atoms with Gasteiger partial charge in [-0.15, -0.1) is 0 Å². The van der Waals surface area contributed by atoms with Crippen LogP contribution in [0.15, 0.2) is 48.5 Å². The van der Waals surface area contributed by atoms with E-state index in [2.05, 4.69) is 10.6 Å². The third-order valence-electron chi connectivity index (χ3n) is 6.71. The molecule has 172 valence electrons. The number of rotatable bonds is 4. The lowest BCUT2D eigenvalue weighted by Crippen LogP contribution is -2.53. The van der Waals surface area contributed by atoms with Crippen molar-refractivity contribution in [2.24, 2.45) is 11.8 Å². The number of carbonyl (C=O) groups excluding carboxylic acids is 3. The van der Waals surface area contributed by atoms with Crippen molar-refractivity contribution in [1.29, 1.82) is 0 Å². The minimum absolute atomic E-state index is 0.475. The number of nitrogens with zero attached hydrogens (tertiary/aromatic N) is 1. The number of nitrogens with one attached hydrogen (secondary N) is 2. The van der Waals surface area contributed by atoms with E-state index in [1.54, 1.807) is 36.0 Å². The van der Waals surface area contributed by atoms with Gasteiger partial charge >= 0.3 is 6.18 Å². The summed E-state index contributed by atoms with van der Waals surface area (Å²) in [5.41, 5.74) is -2.03.